The summed E-state index contributed by atoms with van der Waals surface area (Å²) in [4.78, 5) is 28.2. The third kappa shape index (κ3) is 4.50. The molecule has 1 aromatic heterocycles. The third-order valence-electron chi connectivity index (χ3n) is 4.03. The Labute approximate surface area is 137 Å². The number of nitrogens with one attached hydrogen (secondary N) is 2. The Kier molecular flexibility index (Phi) is 5.53. The molecule has 0 radical (unpaired) electrons. The van der Waals surface area contributed by atoms with Crippen LogP contribution in [-0.4, -0.2) is 54.7 Å². The van der Waals surface area contributed by atoms with Gasteiger partial charge < -0.3 is 15.0 Å². The number of halogens is 3. The van der Waals surface area contributed by atoms with Gasteiger partial charge in [0.2, 0.25) is 5.91 Å². The van der Waals surface area contributed by atoms with E-state index in [0.29, 0.717) is 11.4 Å². The number of amides is 1. The normalized spacial score (nSPS) is 16.9. The van der Waals surface area contributed by atoms with Crippen molar-refractivity contribution in [3.63, 3.8) is 0 Å². The second-order valence-corrected chi connectivity index (χ2v) is 5.87. The summed E-state index contributed by atoms with van der Waals surface area (Å²) in [6.45, 7) is 2.14. The number of likely N-dealkylation sites (tertiary alicyclic amines) is 1. The number of carbonyl (C=O) groups is 2. The van der Waals surface area contributed by atoms with Crippen LogP contribution in [0.25, 0.3) is 0 Å². The number of alkyl halides is 3. The van der Waals surface area contributed by atoms with E-state index in [1.807, 2.05) is 0 Å². The number of anilines is 1. The first-order valence-corrected chi connectivity index (χ1v) is 7.57. The smallest absolute Gasteiger partial charge is 0.391 e. The number of hydrogen-bond acceptors (Lipinski definition) is 4. The first-order chi connectivity index (χ1) is 11.2. The van der Waals surface area contributed by atoms with Gasteiger partial charge in [-0.15, -0.1) is 0 Å². The van der Waals surface area contributed by atoms with Crippen molar-refractivity contribution in [1.29, 1.82) is 0 Å². The van der Waals surface area contributed by atoms with Gasteiger partial charge in [-0.2, -0.15) is 13.2 Å². The number of hydrogen-bond donors (Lipinski definition) is 2. The van der Waals surface area contributed by atoms with Crippen molar-refractivity contribution in [2.75, 3.05) is 32.1 Å². The van der Waals surface area contributed by atoms with E-state index in [-0.39, 0.29) is 44.1 Å². The molecule has 0 spiro atoms. The van der Waals surface area contributed by atoms with Gasteiger partial charge >= 0.3 is 12.1 Å². The van der Waals surface area contributed by atoms with Crippen LogP contribution in [0, 0.1) is 12.8 Å². The van der Waals surface area contributed by atoms with Crippen LogP contribution in [0.15, 0.2) is 6.07 Å². The maximum Gasteiger partial charge on any atom is 0.391 e. The summed E-state index contributed by atoms with van der Waals surface area (Å²) in [5.41, 5.74) is 1.12. The predicted octanol–water partition coefficient (Wildman–Crippen LogP) is 2.32. The van der Waals surface area contributed by atoms with Crippen LogP contribution in [0.3, 0.4) is 0 Å². The van der Waals surface area contributed by atoms with Gasteiger partial charge in [0.1, 0.15) is 5.69 Å². The molecule has 0 aliphatic carbocycles. The fraction of sp³-hybridized carbons (Fsp3) is 0.600. The van der Waals surface area contributed by atoms with Crippen LogP contribution in [0.4, 0.5) is 18.9 Å². The first-order valence-electron chi connectivity index (χ1n) is 7.57. The van der Waals surface area contributed by atoms with Crippen molar-refractivity contribution >= 4 is 17.6 Å². The molecule has 1 fully saturated rings. The van der Waals surface area contributed by atoms with Gasteiger partial charge in [-0.3, -0.25) is 9.69 Å². The molecule has 0 bridgehead atoms. The number of nitrogens with zero attached hydrogens (tertiary/aromatic N) is 1. The van der Waals surface area contributed by atoms with Crippen molar-refractivity contribution < 1.29 is 27.5 Å². The maximum atomic E-state index is 12.6. The highest BCUT2D eigenvalue weighted by Crippen LogP contribution is 2.34. The summed E-state index contributed by atoms with van der Waals surface area (Å²) in [7, 11) is 1.23. The van der Waals surface area contributed by atoms with Crippen LogP contribution in [0.2, 0.25) is 0 Å². The molecule has 1 amide bonds. The third-order valence-corrected chi connectivity index (χ3v) is 4.03. The second-order valence-electron chi connectivity index (χ2n) is 5.87. The Morgan fingerprint density at radius 3 is 2.54 bits per heavy atom. The van der Waals surface area contributed by atoms with Crippen LogP contribution in [0.5, 0.6) is 0 Å². The van der Waals surface area contributed by atoms with Crippen LogP contribution >= 0.6 is 0 Å². The lowest BCUT2D eigenvalue weighted by Crippen LogP contribution is -2.42. The van der Waals surface area contributed by atoms with Crippen molar-refractivity contribution in [1.82, 2.24) is 9.88 Å². The molecule has 1 aromatic rings. The predicted molar refractivity (Wildman–Crippen MR) is 80.7 cm³/mol. The minimum Gasteiger partial charge on any atom is -0.464 e. The van der Waals surface area contributed by atoms with Crippen LogP contribution in [0.1, 0.15) is 29.0 Å². The van der Waals surface area contributed by atoms with Crippen LogP contribution in [-0.2, 0) is 9.53 Å². The van der Waals surface area contributed by atoms with E-state index in [0.717, 1.165) is 0 Å². The molecular formula is C15H20F3N3O3. The quantitative estimate of drug-likeness (QED) is 0.820. The van der Waals surface area contributed by atoms with Gasteiger partial charge in [0.15, 0.2) is 0 Å². The fourth-order valence-electron chi connectivity index (χ4n) is 2.76. The summed E-state index contributed by atoms with van der Waals surface area (Å²) in [6.07, 6.45) is -4.19. The van der Waals surface area contributed by atoms with E-state index < -0.39 is 18.1 Å². The number of aromatic amines is 1. The Bertz CT molecular complexity index is 605. The molecule has 2 rings (SSSR count). The zero-order chi connectivity index (χ0) is 17.9. The SMILES string of the molecule is COC(=O)c1[nH]c(C)cc1NC(=O)CN1CCC(C(F)(F)F)CC1. The molecule has 1 aliphatic heterocycles. The summed E-state index contributed by atoms with van der Waals surface area (Å²) in [5.74, 6) is -2.29. The molecule has 1 saturated heterocycles. The minimum atomic E-state index is -4.17. The second kappa shape index (κ2) is 7.25. The van der Waals surface area contributed by atoms with E-state index in [4.69, 9.17) is 0 Å². The van der Waals surface area contributed by atoms with E-state index in [1.54, 1.807) is 17.9 Å². The molecule has 0 saturated carbocycles. The Balaban J connectivity index is 1.90. The standard InChI is InChI=1S/C15H20F3N3O3/c1-9-7-11(13(19-9)14(23)24-2)20-12(22)8-21-5-3-10(4-6-21)15(16,17)18/h7,10,19H,3-6,8H2,1-2H3,(H,20,22). The lowest BCUT2D eigenvalue weighted by atomic mass is 9.96. The molecular weight excluding hydrogens is 327 g/mol. The van der Waals surface area contributed by atoms with Gasteiger partial charge in [0.05, 0.1) is 25.3 Å². The molecule has 0 aromatic carbocycles. The van der Waals surface area contributed by atoms with E-state index >= 15 is 0 Å². The van der Waals surface area contributed by atoms with Crippen LogP contribution < -0.4 is 5.32 Å². The van der Waals surface area contributed by atoms with Gasteiger partial charge in [-0.05, 0) is 38.9 Å². The summed E-state index contributed by atoms with van der Waals surface area (Å²) < 4.78 is 42.5. The van der Waals surface area contributed by atoms with Crippen molar-refractivity contribution in [3.8, 4) is 0 Å². The average Bonchev–Trinajstić information content (AvgIpc) is 2.86. The highest BCUT2D eigenvalue weighted by atomic mass is 19.4. The Morgan fingerprint density at radius 1 is 1.38 bits per heavy atom. The molecule has 24 heavy (non-hydrogen) atoms. The van der Waals surface area contributed by atoms with Gasteiger partial charge in [-0.25, -0.2) is 4.79 Å². The van der Waals surface area contributed by atoms with Gasteiger partial charge in [-0.1, -0.05) is 0 Å². The van der Waals surface area contributed by atoms with Gasteiger partial charge in [0.25, 0.3) is 0 Å². The van der Waals surface area contributed by atoms with Gasteiger partial charge in [0, 0.05) is 5.69 Å². The summed E-state index contributed by atoms with van der Waals surface area (Å²) in [5, 5.41) is 2.60. The zero-order valence-corrected chi connectivity index (χ0v) is 13.5. The largest absolute Gasteiger partial charge is 0.464 e. The van der Waals surface area contributed by atoms with E-state index in [9.17, 15) is 22.8 Å². The zero-order valence-electron chi connectivity index (χ0n) is 13.5. The molecule has 0 atom stereocenters. The lowest BCUT2D eigenvalue weighted by Gasteiger charge is -2.32. The first kappa shape index (κ1) is 18.3. The summed E-state index contributed by atoms with van der Waals surface area (Å²) in [6, 6.07) is 1.60. The fourth-order valence-corrected chi connectivity index (χ4v) is 2.76. The number of piperidine rings is 1. The van der Waals surface area contributed by atoms with Crippen molar-refractivity contribution in [2.24, 2.45) is 5.92 Å². The number of esters is 1. The van der Waals surface area contributed by atoms with E-state index in [2.05, 4.69) is 15.0 Å². The number of methoxy groups -OCH3 is 1. The molecule has 2 heterocycles. The highest BCUT2D eigenvalue weighted by molar-refractivity contribution is 6.00. The Morgan fingerprint density at radius 2 is 2.00 bits per heavy atom. The number of carbonyl (C=O) groups excluding carboxylic acids is 2. The molecule has 9 heteroatoms. The highest BCUT2D eigenvalue weighted by Gasteiger charge is 2.41. The lowest BCUT2D eigenvalue weighted by molar-refractivity contribution is -0.184. The average molecular weight is 347 g/mol. The van der Waals surface area contributed by atoms with Crippen molar-refractivity contribution in [2.45, 2.75) is 25.9 Å². The topological polar surface area (TPSA) is 74.4 Å². The molecule has 134 valence electrons. The van der Waals surface area contributed by atoms with E-state index in [1.165, 1.54) is 7.11 Å². The molecule has 2 N–H and O–H groups in total. The Hall–Kier alpha value is -2.03. The monoisotopic (exact) mass is 347 g/mol. The number of aryl methyl sites for hydroxylation is 1. The maximum absolute atomic E-state index is 12.6. The number of H-pyrrole nitrogens is 1. The number of rotatable bonds is 4. The molecule has 0 unspecified atom stereocenters. The number of ether oxygens (including phenoxy) is 1. The molecule has 6 nitrogen and oxygen atoms in total. The van der Waals surface area contributed by atoms with Crippen molar-refractivity contribution in [3.05, 3.63) is 17.5 Å². The number of aromatic nitrogens is 1. The molecule has 1 aliphatic rings. The summed E-state index contributed by atoms with van der Waals surface area (Å²) >= 11 is 0. The minimum absolute atomic E-state index is 0.00649.